The molecule has 100 valence electrons. The van der Waals surface area contributed by atoms with Gasteiger partial charge in [0.15, 0.2) is 9.84 Å². The molecule has 0 saturated heterocycles. The Bertz CT molecular complexity index is 471. The first-order valence-corrected chi connectivity index (χ1v) is 7.40. The zero-order valence-corrected chi connectivity index (χ0v) is 11.2. The maximum atomic E-state index is 11.9. The van der Waals surface area contributed by atoms with Crippen molar-refractivity contribution in [3.8, 4) is 0 Å². The highest BCUT2D eigenvalue weighted by Crippen LogP contribution is 2.09. The Morgan fingerprint density at radius 3 is 2.44 bits per heavy atom. The van der Waals surface area contributed by atoms with Gasteiger partial charge in [0.25, 0.3) is 0 Å². The molecule has 0 spiro atoms. The van der Waals surface area contributed by atoms with E-state index in [4.69, 9.17) is 0 Å². The van der Waals surface area contributed by atoms with Gasteiger partial charge in [-0.15, -0.1) is 0 Å². The molecule has 1 rings (SSSR count). The van der Waals surface area contributed by atoms with E-state index in [0.717, 1.165) is 0 Å². The van der Waals surface area contributed by atoms with Crippen molar-refractivity contribution in [1.29, 1.82) is 0 Å². The lowest BCUT2D eigenvalue weighted by molar-refractivity contribution is -0.120. The molecule has 2 N–H and O–H groups in total. The Morgan fingerprint density at radius 2 is 1.83 bits per heavy atom. The van der Waals surface area contributed by atoms with Gasteiger partial charge in [-0.2, -0.15) is 0 Å². The van der Waals surface area contributed by atoms with Crippen molar-refractivity contribution >= 4 is 15.7 Å². The van der Waals surface area contributed by atoms with Gasteiger partial charge in [0, 0.05) is 19.5 Å². The van der Waals surface area contributed by atoms with E-state index in [1.165, 1.54) is 0 Å². The van der Waals surface area contributed by atoms with Gasteiger partial charge < -0.3 is 10.6 Å². The van der Waals surface area contributed by atoms with Gasteiger partial charge >= 0.3 is 0 Å². The zero-order valence-electron chi connectivity index (χ0n) is 10.3. The van der Waals surface area contributed by atoms with Crippen LogP contribution in [0.4, 0.5) is 0 Å². The van der Waals surface area contributed by atoms with Crippen molar-refractivity contribution < 1.29 is 13.2 Å². The predicted octanol–water partition coefficient (Wildman–Crippen LogP) is 0.186. The molecule has 0 heterocycles. The molecule has 1 amide bonds. The summed E-state index contributed by atoms with van der Waals surface area (Å²) in [6, 6.07) is 8.23. The average Bonchev–Trinajstić information content (AvgIpc) is 2.37. The number of hydrogen-bond acceptors (Lipinski definition) is 4. The average molecular weight is 270 g/mol. The van der Waals surface area contributed by atoms with Crippen LogP contribution in [0.15, 0.2) is 35.2 Å². The van der Waals surface area contributed by atoms with Gasteiger partial charge in [-0.05, 0) is 19.2 Å². The second-order valence-electron chi connectivity index (χ2n) is 3.84. The maximum absolute atomic E-state index is 11.9. The van der Waals surface area contributed by atoms with Crippen molar-refractivity contribution in [3.63, 3.8) is 0 Å². The van der Waals surface area contributed by atoms with E-state index in [1.807, 2.05) is 0 Å². The second kappa shape index (κ2) is 7.13. The summed E-state index contributed by atoms with van der Waals surface area (Å²) in [5.74, 6) is -0.227. The van der Waals surface area contributed by atoms with Crippen molar-refractivity contribution in [1.82, 2.24) is 10.6 Å². The molecular weight excluding hydrogens is 252 g/mol. The highest BCUT2D eigenvalue weighted by Gasteiger charge is 2.13. The van der Waals surface area contributed by atoms with Crippen LogP contribution >= 0.6 is 0 Å². The van der Waals surface area contributed by atoms with Crippen LogP contribution in [0.2, 0.25) is 0 Å². The molecule has 1 aromatic rings. The van der Waals surface area contributed by atoms with E-state index < -0.39 is 9.84 Å². The molecule has 0 bridgehead atoms. The summed E-state index contributed by atoms with van der Waals surface area (Å²) in [5.41, 5.74) is 0. The minimum Gasteiger partial charge on any atom is -0.355 e. The molecular formula is C12H18N2O3S. The number of carbonyl (C=O) groups is 1. The lowest BCUT2D eigenvalue weighted by Crippen LogP contribution is -2.30. The molecule has 0 atom stereocenters. The quantitative estimate of drug-likeness (QED) is 0.741. The molecule has 0 saturated carbocycles. The molecule has 5 nitrogen and oxygen atoms in total. The molecule has 0 unspecified atom stereocenters. The van der Waals surface area contributed by atoms with Gasteiger partial charge in [0.2, 0.25) is 5.91 Å². The second-order valence-corrected chi connectivity index (χ2v) is 5.94. The SMILES string of the molecule is CNCCC(=O)NCCS(=O)(=O)c1ccccc1. The van der Waals surface area contributed by atoms with Crippen LogP contribution in [-0.2, 0) is 14.6 Å². The van der Waals surface area contributed by atoms with Crippen molar-refractivity contribution in [2.75, 3.05) is 25.9 Å². The topological polar surface area (TPSA) is 75.3 Å². The highest BCUT2D eigenvalue weighted by molar-refractivity contribution is 7.91. The third kappa shape index (κ3) is 4.85. The number of hydrogen-bond donors (Lipinski definition) is 2. The summed E-state index contributed by atoms with van der Waals surface area (Å²) in [6.45, 7) is 0.719. The third-order valence-corrected chi connectivity index (χ3v) is 4.13. The first-order valence-electron chi connectivity index (χ1n) is 5.75. The molecule has 0 aliphatic carbocycles. The summed E-state index contributed by atoms with van der Waals surface area (Å²) in [4.78, 5) is 11.6. The molecule has 1 aromatic carbocycles. The monoisotopic (exact) mass is 270 g/mol. The first-order chi connectivity index (χ1) is 8.56. The Balaban J connectivity index is 2.42. The normalized spacial score (nSPS) is 11.2. The Kier molecular flexibility index (Phi) is 5.80. The van der Waals surface area contributed by atoms with Crippen molar-refractivity contribution in [3.05, 3.63) is 30.3 Å². The zero-order chi connectivity index (χ0) is 13.4. The van der Waals surface area contributed by atoms with Gasteiger partial charge in [-0.3, -0.25) is 4.79 Å². The van der Waals surface area contributed by atoms with Crippen LogP contribution in [0.3, 0.4) is 0 Å². The minimum absolute atomic E-state index is 0.0810. The standard InChI is InChI=1S/C12H18N2O3S/c1-13-8-7-12(15)14-9-10-18(16,17)11-5-3-2-4-6-11/h2-6,13H,7-10H2,1H3,(H,14,15). The van der Waals surface area contributed by atoms with E-state index in [-0.39, 0.29) is 23.1 Å². The Hall–Kier alpha value is -1.40. The van der Waals surface area contributed by atoms with E-state index in [0.29, 0.717) is 13.0 Å². The summed E-state index contributed by atoms with van der Waals surface area (Å²) in [7, 11) is -1.55. The van der Waals surface area contributed by atoms with Gasteiger partial charge in [-0.25, -0.2) is 8.42 Å². The molecule has 0 radical (unpaired) electrons. The maximum Gasteiger partial charge on any atom is 0.221 e. The van der Waals surface area contributed by atoms with E-state index in [9.17, 15) is 13.2 Å². The smallest absolute Gasteiger partial charge is 0.221 e. The number of carbonyl (C=O) groups excluding carboxylic acids is 1. The summed E-state index contributed by atoms with van der Waals surface area (Å²) in [5, 5.41) is 5.44. The molecule has 6 heteroatoms. The van der Waals surface area contributed by atoms with Gasteiger partial charge in [0.1, 0.15) is 0 Å². The van der Waals surface area contributed by atoms with Crippen LogP contribution in [0, 0.1) is 0 Å². The van der Waals surface area contributed by atoms with E-state index >= 15 is 0 Å². The van der Waals surface area contributed by atoms with Gasteiger partial charge in [0.05, 0.1) is 10.6 Å². The van der Waals surface area contributed by atoms with Crippen molar-refractivity contribution in [2.24, 2.45) is 0 Å². The Labute approximate surface area is 108 Å². The van der Waals surface area contributed by atoms with E-state index in [1.54, 1.807) is 37.4 Å². The van der Waals surface area contributed by atoms with Crippen LogP contribution in [0.25, 0.3) is 0 Å². The fourth-order valence-electron chi connectivity index (χ4n) is 1.40. The lowest BCUT2D eigenvalue weighted by Gasteiger charge is -2.06. The third-order valence-electron chi connectivity index (χ3n) is 2.40. The molecule has 18 heavy (non-hydrogen) atoms. The summed E-state index contributed by atoms with van der Waals surface area (Å²) < 4.78 is 23.7. The van der Waals surface area contributed by atoms with Crippen LogP contribution in [-0.4, -0.2) is 40.2 Å². The van der Waals surface area contributed by atoms with Crippen molar-refractivity contribution in [2.45, 2.75) is 11.3 Å². The number of rotatable bonds is 7. The highest BCUT2D eigenvalue weighted by atomic mass is 32.2. The fraction of sp³-hybridized carbons (Fsp3) is 0.417. The van der Waals surface area contributed by atoms with Gasteiger partial charge in [-0.1, -0.05) is 18.2 Å². The predicted molar refractivity (Wildman–Crippen MR) is 70.0 cm³/mol. The number of amides is 1. The van der Waals surface area contributed by atoms with Crippen LogP contribution in [0.5, 0.6) is 0 Å². The molecule has 0 fully saturated rings. The first kappa shape index (κ1) is 14.7. The number of benzene rings is 1. The molecule has 0 aromatic heterocycles. The molecule has 0 aliphatic heterocycles. The lowest BCUT2D eigenvalue weighted by atomic mass is 10.4. The fourth-order valence-corrected chi connectivity index (χ4v) is 2.58. The molecule has 0 aliphatic rings. The largest absolute Gasteiger partial charge is 0.355 e. The number of nitrogens with one attached hydrogen (secondary N) is 2. The number of sulfone groups is 1. The summed E-state index contributed by atoms with van der Waals surface area (Å²) >= 11 is 0. The summed E-state index contributed by atoms with van der Waals surface area (Å²) in [6.07, 6.45) is 0.349. The minimum atomic E-state index is -3.31. The van der Waals surface area contributed by atoms with E-state index in [2.05, 4.69) is 10.6 Å². The Morgan fingerprint density at radius 1 is 1.17 bits per heavy atom. The van der Waals surface area contributed by atoms with Crippen LogP contribution < -0.4 is 10.6 Å². The van der Waals surface area contributed by atoms with Crippen LogP contribution in [0.1, 0.15) is 6.42 Å².